The quantitative estimate of drug-likeness (QED) is 0.844. The van der Waals surface area contributed by atoms with E-state index in [2.05, 4.69) is 4.74 Å². The van der Waals surface area contributed by atoms with Gasteiger partial charge in [-0.3, -0.25) is 0 Å². The van der Waals surface area contributed by atoms with Crippen LogP contribution in [0.25, 0.3) is 0 Å². The number of rotatable bonds is 4. The predicted molar refractivity (Wildman–Crippen MR) is 64.2 cm³/mol. The van der Waals surface area contributed by atoms with E-state index in [4.69, 9.17) is 5.73 Å². The summed E-state index contributed by atoms with van der Waals surface area (Å²) in [6.07, 6.45) is -0.583. The van der Waals surface area contributed by atoms with Crippen LogP contribution in [-0.4, -0.2) is 12.1 Å². The molecular weight excluding hydrogens is 240 g/mol. The van der Waals surface area contributed by atoms with Crippen molar-refractivity contribution < 1.29 is 18.3 Å². The average Bonchev–Trinajstić information content (AvgIpc) is 2.28. The van der Waals surface area contributed by atoms with E-state index in [1.807, 2.05) is 0 Å². The lowest BCUT2D eigenvalue weighted by atomic mass is 10.0. The second-order valence-electron chi connectivity index (χ2n) is 4.44. The summed E-state index contributed by atoms with van der Waals surface area (Å²) in [5, 5.41) is 0. The molecule has 1 atom stereocenters. The lowest BCUT2D eigenvalue weighted by Gasteiger charge is -2.18. The predicted octanol–water partition coefficient (Wildman–Crippen LogP) is 2.75. The summed E-state index contributed by atoms with van der Waals surface area (Å²) in [6.45, 7) is 4.72. The summed E-state index contributed by atoms with van der Waals surface area (Å²) >= 11 is 0. The van der Waals surface area contributed by atoms with Gasteiger partial charge in [-0.2, -0.15) is 8.78 Å². The van der Waals surface area contributed by atoms with E-state index in [1.165, 1.54) is 32.0 Å². The monoisotopic (exact) mass is 257 g/mol. The van der Waals surface area contributed by atoms with Gasteiger partial charge in [-0.1, -0.05) is 18.2 Å². The number of ether oxygens (including phenoxy) is 1. The second kappa shape index (κ2) is 5.44. The van der Waals surface area contributed by atoms with Gasteiger partial charge in [0.2, 0.25) is 0 Å². The molecule has 0 fully saturated rings. The molecular formula is C13H17F2NO2. The van der Waals surface area contributed by atoms with Crippen molar-refractivity contribution in [2.45, 2.75) is 38.8 Å². The van der Waals surface area contributed by atoms with Crippen LogP contribution in [0.4, 0.5) is 8.78 Å². The fraction of sp³-hybridized carbons (Fsp3) is 0.462. The highest BCUT2D eigenvalue weighted by Gasteiger charge is 2.43. The fourth-order valence-corrected chi connectivity index (χ4v) is 1.42. The van der Waals surface area contributed by atoms with Crippen LogP contribution in [0.2, 0.25) is 0 Å². The Morgan fingerprint density at radius 2 is 1.94 bits per heavy atom. The molecule has 3 nitrogen and oxygen atoms in total. The average molecular weight is 257 g/mol. The van der Waals surface area contributed by atoms with Crippen molar-refractivity contribution >= 4 is 5.97 Å². The minimum Gasteiger partial charge on any atom is -0.458 e. The number of carbonyl (C=O) groups is 1. The minimum atomic E-state index is -3.66. The van der Waals surface area contributed by atoms with Crippen molar-refractivity contribution in [3.63, 3.8) is 0 Å². The van der Waals surface area contributed by atoms with Gasteiger partial charge in [-0.15, -0.1) is 0 Å². The second-order valence-corrected chi connectivity index (χ2v) is 4.44. The number of esters is 1. The molecule has 1 aromatic rings. The maximum atomic E-state index is 13.8. The largest absolute Gasteiger partial charge is 0.458 e. The van der Waals surface area contributed by atoms with E-state index in [0.717, 1.165) is 0 Å². The Bertz CT molecular complexity index is 431. The number of hydrogen-bond donors (Lipinski definition) is 1. The molecule has 0 heterocycles. The number of alkyl halides is 2. The van der Waals surface area contributed by atoms with Gasteiger partial charge in [-0.25, -0.2) is 4.79 Å². The highest BCUT2D eigenvalue weighted by atomic mass is 19.3. The zero-order valence-corrected chi connectivity index (χ0v) is 10.6. The van der Waals surface area contributed by atoms with Crippen molar-refractivity contribution in [3.05, 3.63) is 35.4 Å². The fourth-order valence-electron chi connectivity index (χ4n) is 1.42. The summed E-state index contributed by atoms with van der Waals surface area (Å²) in [4.78, 5) is 11.4. The standard InChI is InChI=1S/C13H17F2NO2/c1-8(2)18-12(17)13(14,15)11-6-4-5-10(7-11)9(3)16/h4-9H,16H2,1-3H3/t9-/m1/s1. The zero-order chi connectivity index (χ0) is 13.9. The molecule has 0 bridgehead atoms. The molecule has 0 aliphatic heterocycles. The normalized spacial score (nSPS) is 13.5. The lowest BCUT2D eigenvalue weighted by Crippen LogP contribution is -2.30. The third kappa shape index (κ3) is 3.26. The molecule has 0 saturated carbocycles. The molecule has 0 spiro atoms. The number of nitrogens with two attached hydrogens (primary N) is 1. The van der Waals surface area contributed by atoms with Crippen LogP contribution >= 0.6 is 0 Å². The van der Waals surface area contributed by atoms with Gasteiger partial charge in [0, 0.05) is 11.6 Å². The summed E-state index contributed by atoms with van der Waals surface area (Å²) in [5.41, 5.74) is 5.77. The molecule has 0 unspecified atom stereocenters. The Labute approximate surface area is 105 Å². The number of benzene rings is 1. The highest BCUT2D eigenvalue weighted by molar-refractivity contribution is 5.79. The Morgan fingerprint density at radius 3 is 2.44 bits per heavy atom. The summed E-state index contributed by atoms with van der Waals surface area (Å²) in [5.74, 6) is -5.20. The van der Waals surface area contributed by atoms with Gasteiger partial charge >= 0.3 is 11.9 Å². The lowest BCUT2D eigenvalue weighted by molar-refractivity contribution is -0.177. The Balaban J connectivity index is 3.04. The van der Waals surface area contributed by atoms with Crippen LogP contribution in [-0.2, 0) is 15.5 Å². The maximum Gasteiger partial charge on any atom is 0.382 e. The molecule has 18 heavy (non-hydrogen) atoms. The number of hydrogen-bond acceptors (Lipinski definition) is 3. The molecule has 0 aromatic heterocycles. The summed E-state index contributed by atoms with van der Waals surface area (Å²) in [6, 6.07) is 5.13. The van der Waals surface area contributed by atoms with Crippen LogP contribution in [0.3, 0.4) is 0 Å². The van der Waals surface area contributed by atoms with E-state index < -0.39 is 23.6 Å². The highest BCUT2D eigenvalue weighted by Crippen LogP contribution is 2.31. The van der Waals surface area contributed by atoms with Crippen molar-refractivity contribution in [2.75, 3.05) is 0 Å². The third-order valence-electron chi connectivity index (χ3n) is 2.37. The van der Waals surface area contributed by atoms with Crippen LogP contribution in [0, 0.1) is 0 Å². The van der Waals surface area contributed by atoms with E-state index >= 15 is 0 Å². The first kappa shape index (κ1) is 14.6. The van der Waals surface area contributed by atoms with Crippen molar-refractivity contribution in [3.8, 4) is 0 Å². The first-order chi connectivity index (χ1) is 8.25. The topological polar surface area (TPSA) is 52.3 Å². The summed E-state index contributed by atoms with van der Waals surface area (Å²) in [7, 11) is 0. The van der Waals surface area contributed by atoms with Crippen molar-refractivity contribution in [1.82, 2.24) is 0 Å². The maximum absolute atomic E-state index is 13.8. The van der Waals surface area contributed by atoms with Crippen LogP contribution in [0.5, 0.6) is 0 Å². The van der Waals surface area contributed by atoms with Gasteiger partial charge < -0.3 is 10.5 Å². The molecule has 0 saturated heterocycles. The molecule has 1 aromatic carbocycles. The first-order valence-corrected chi connectivity index (χ1v) is 5.70. The van der Waals surface area contributed by atoms with E-state index in [0.29, 0.717) is 5.56 Å². The molecule has 5 heteroatoms. The molecule has 1 rings (SSSR count). The summed E-state index contributed by atoms with van der Waals surface area (Å²) < 4.78 is 32.2. The number of carbonyl (C=O) groups excluding carboxylic acids is 1. The first-order valence-electron chi connectivity index (χ1n) is 5.70. The van der Waals surface area contributed by atoms with Gasteiger partial charge in [0.15, 0.2) is 0 Å². The smallest absolute Gasteiger partial charge is 0.382 e. The van der Waals surface area contributed by atoms with E-state index in [-0.39, 0.29) is 6.04 Å². The molecule has 2 N–H and O–H groups in total. The van der Waals surface area contributed by atoms with Crippen molar-refractivity contribution in [1.29, 1.82) is 0 Å². The molecule has 100 valence electrons. The van der Waals surface area contributed by atoms with E-state index in [1.54, 1.807) is 13.0 Å². The van der Waals surface area contributed by atoms with Gasteiger partial charge in [0.25, 0.3) is 0 Å². The Kier molecular flexibility index (Phi) is 4.40. The van der Waals surface area contributed by atoms with E-state index in [9.17, 15) is 13.6 Å². The SMILES string of the molecule is CC(C)OC(=O)C(F)(F)c1cccc([C@@H](C)N)c1. The van der Waals surface area contributed by atoms with Crippen molar-refractivity contribution in [2.24, 2.45) is 5.73 Å². The third-order valence-corrected chi connectivity index (χ3v) is 2.37. The van der Waals surface area contributed by atoms with Gasteiger partial charge in [-0.05, 0) is 32.4 Å². The molecule has 0 aliphatic carbocycles. The van der Waals surface area contributed by atoms with Gasteiger partial charge in [0.1, 0.15) is 0 Å². The molecule has 0 radical (unpaired) electrons. The Hall–Kier alpha value is -1.49. The minimum absolute atomic E-state index is 0.373. The van der Waals surface area contributed by atoms with Crippen LogP contribution in [0.15, 0.2) is 24.3 Å². The van der Waals surface area contributed by atoms with Gasteiger partial charge in [0.05, 0.1) is 6.10 Å². The number of halogens is 2. The molecule has 0 aliphatic rings. The zero-order valence-electron chi connectivity index (χ0n) is 10.6. The van der Waals surface area contributed by atoms with Crippen LogP contribution < -0.4 is 5.73 Å². The Morgan fingerprint density at radius 1 is 1.33 bits per heavy atom. The van der Waals surface area contributed by atoms with Crippen LogP contribution in [0.1, 0.15) is 37.9 Å². The molecule has 0 amide bonds.